The number of esters is 1. The van der Waals surface area contributed by atoms with Crippen molar-refractivity contribution in [2.75, 3.05) is 7.11 Å². The topological polar surface area (TPSA) is 74.3 Å². The molecule has 1 aliphatic carbocycles. The number of rotatable bonds is 4. The highest BCUT2D eigenvalue weighted by atomic mass is 16.5. The molecule has 1 saturated carbocycles. The Morgan fingerprint density at radius 1 is 1.36 bits per heavy atom. The Morgan fingerprint density at radius 2 is 2.23 bits per heavy atom. The van der Waals surface area contributed by atoms with E-state index in [0.717, 1.165) is 17.0 Å². The van der Waals surface area contributed by atoms with Crippen LogP contribution in [-0.4, -0.2) is 37.5 Å². The van der Waals surface area contributed by atoms with Gasteiger partial charge in [-0.25, -0.2) is 14.3 Å². The van der Waals surface area contributed by atoms with Crippen LogP contribution in [-0.2, 0) is 11.3 Å². The number of hydrogen-bond acceptors (Lipinski definition) is 5. The molecule has 0 N–H and O–H groups in total. The largest absolute Gasteiger partial charge is 0.465 e. The quantitative estimate of drug-likeness (QED) is 0.684. The second-order valence-corrected chi connectivity index (χ2v) is 5.49. The fraction of sp³-hybridized carbons (Fsp3) is 0.333. The molecule has 22 heavy (non-hydrogen) atoms. The molecule has 7 heteroatoms. The molecular weight excluding hydrogens is 282 g/mol. The van der Waals surface area contributed by atoms with Crippen LogP contribution in [0.4, 0.5) is 0 Å². The zero-order chi connectivity index (χ0) is 15.1. The molecule has 3 aromatic rings. The van der Waals surface area contributed by atoms with Crippen molar-refractivity contribution in [3.8, 4) is 0 Å². The minimum absolute atomic E-state index is 0.392. The van der Waals surface area contributed by atoms with Crippen molar-refractivity contribution in [2.45, 2.75) is 25.3 Å². The Bertz CT molecular complexity index is 847. The number of carbonyl (C=O) groups is 1. The maximum atomic E-state index is 11.4. The molecule has 0 spiro atoms. The highest BCUT2D eigenvalue weighted by Crippen LogP contribution is 2.38. The lowest BCUT2D eigenvalue weighted by Crippen LogP contribution is -2.02. The van der Waals surface area contributed by atoms with Gasteiger partial charge in [-0.15, -0.1) is 0 Å². The maximum Gasteiger partial charge on any atom is 0.341 e. The molecule has 0 saturated heterocycles. The van der Waals surface area contributed by atoms with Gasteiger partial charge in [0.1, 0.15) is 0 Å². The Kier molecular flexibility index (Phi) is 2.92. The third kappa shape index (κ3) is 2.34. The molecule has 0 amide bonds. The van der Waals surface area contributed by atoms with Gasteiger partial charge < -0.3 is 4.74 Å². The van der Waals surface area contributed by atoms with Crippen molar-refractivity contribution in [1.29, 1.82) is 0 Å². The molecule has 3 aromatic heterocycles. The van der Waals surface area contributed by atoms with E-state index in [9.17, 15) is 4.79 Å². The van der Waals surface area contributed by atoms with Gasteiger partial charge in [0.15, 0.2) is 5.65 Å². The molecule has 3 heterocycles. The van der Waals surface area contributed by atoms with Crippen LogP contribution < -0.4 is 0 Å². The third-order valence-corrected chi connectivity index (χ3v) is 3.76. The predicted molar refractivity (Wildman–Crippen MR) is 77.6 cm³/mol. The summed E-state index contributed by atoms with van der Waals surface area (Å²) < 4.78 is 8.14. The Balaban J connectivity index is 1.58. The van der Waals surface area contributed by atoms with E-state index < -0.39 is 5.97 Å². The van der Waals surface area contributed by atoms with Gasteiger partial charge in [-0.2, -0.15) is 10.2 Å². The number of carbonyl (C=O) groups excluding carboxylic acids is 1. The van der Waals surface area contributed by atoms with E-state index in [1.807, 2.05) is 22.8 Å². The normalized spacial score (nSPS) is 14.4. The Morgan fingerprint density at radius 3 is 3.00 bits per heavy atom. The summed E-state index contributed by atoms with van der Waals surface area (Å²) in [5, 5.41) is 8.75. The van der Waals surface area contributed by atoms with Crippen molar-refractivity contribution >= 4 is 11.6 Å². The first-order valence-electron chi connectivity index (χ1n) is 7.19. The van der Waals surface area contributed by atoms with Gasteiger partial charge >= 0.3 is 5.97 Å². The molecular formula is C15H15N5O2. The molecule has 0 radical (unpaired) electrons. The summed E-state index contributed by atoms with van der Waals surface area (Å²) in [6, 6.07) is 4.04. The second kappa shape index (κ2) is 4.94. The summed E-state index contributed by atoms with van der Waals surface area (Å²) in [5.41, 5.74) is 3.23. The SMILES string of the molecule is COC(=O)c1cnn(Cc2cn3nc(C4CC4)ccc3n2)c1. The number of aromatic nitrogens is 5. The number of nitrogens with zero attached hydrogens (tertiary/aromatic N) is 5. The van der Waals surface area contributed by atoms with E-state index >= 15 is 0 Å². The number of ether oxygens (including phenoxy) is 1. The number of hydrogen-bond donors (Lipinski definition) is 0. The van der Waals surface area contributed by atoms with Gasteiger partial charge in [-0.3, -0.25) is 4.68 Å². The van der Waals surface area contributed by atoms with E-state index in [0.29, 0.717) is 18.0 Å². The van der Waals surface area contributed by atoms with Crippen LogP contribution in [0.25, 0.3) is 5.65 Å². The Hall–Kier alpha value is -2.70. The van der Waals surface area contributed by atoms with Crippen LogP contribution in [0.15, 0.2) is 30.7 Å². The van der Waals surface area contributed by atoms with Crippen LogP contribution in [0.2, 0.25) is 0 Å². The maximum absolute atomic E-state index is 11.4. The van der Waals surface area contributed by atoms with Gasteiger partial charge in [0.25, 0.3) is 0 Å². The van der Waals surface area contributed by atoms with Crippen molar-refractivity contribution in [2.24, 2.45) is 0 Å². The number of methoxy groups -OCH3 is 1. The molecule has 0 bridgehead atoms. The van der Waals surface area contributed by atoms with Gasteiger partial charge in [-0.05, 0) is 25.0 Å². The third-order valence-electron chi connectivity index (χ3n) is 3.76. The molecule has 0 aromatic carbocycles. The molecule has 0 atom stereocenters. The standard InChI is InChI=1S/C15H15N5O2/c1-22-15(21)11-6-16-19(7-11)8-12-9-20-14(17-12)5-4-13(18-20)10-2-3-10/h4-7,9-10H,2-3,8H2,1H3. The Labute approximate surface area is 126 Å². The minimum atomic E-state index is -0.392. The van der Waals surface area contributed by atoms with E-state index in [4.69, 9.17) is 0 Å². The summed E-state index contributed by atoms with van der Waals surface area (Å²) >= 11 is 0. The molecule has 1 fully saturated rings. The number of imidazole rings is 1. The summed E-state index contributed by atoms with van der Waals surface area (Å²) in [7, 11) is 1.35. The molecule has 0 aliphatic heterocycles. The highest BCUT2D eigenvalue weighted by molar-refractivity contribution is 5.88. The van der Waals surface area contributed by atoms with Crippen molar-refractivity contribution in [3.05, 3.63) is 47.7 Å². The van der Waals surface area contributed by atoms with Crippen LogP contribution in [0, 0.1) is 0 Å². The lowest BCUT2D eigenvalue weighted by Gasteiger charge is -1.97. The van der Waals surface area contributed by atoms with Gasteiger partial charge in [0.05, 0.1) is 43.0 Å². The summed E-state index contributed by atoms with van der Waals surface area (Å²) in [5.74, 6) is 0.223. The van der Waals surface area contributed by atoms with Crippen LogP contribution in [0.1, 0.15) is 40.5 Å². The van der Waals surface area contributed by atoms with E-state index in [1.54, 1.807) is 10.9 Å². The first-order chi connectivity index (χ1) is 10.7. The number of fused-ring (bicyclic) bond motifs is 1. The van der Waals surface area contributed by atoms with Crippen LogP contribution in [0.5, 0.6) is 0 Å². The summed E-state index contributed by atoms with van der Waals surface area (Å²) in [6.45, 7) is 0.485. The fourth-order valence-electron chi connectivity index (χ4n) is 2.46. The molecule has 112 valence electrons. The molecule has 1 aliphatic rings. The first-order valence-corrected chi connectivity index (χ1v) is 7.19. The van der Waals surface area contributed by atoms with Crippen LogP contribution >= 0.6 is 0 Å². The second-order valence-electron chi connectivity index (χ2n) is 5.49. The van der Waals surface area contributed by atoms with Crippen LogP contribution in [0.3, 0.4) is 0 Å². The van der Waals surface area contributed by atoms with E-state index in [1.165, 1.54) is 26.1 Å². The van der Waals surface area contributed by atoms with Gasteiger partial charge in [-0.1, -0.05) is 0 Å². The van der Waals surface area contributed by atoms with E-state index in [-0.39, 0.29) is 0 Å². The zero-order valence-electron chi connectivity index (χ0n) is 12.1. The van der Waals surface area contributed by atoms with Crippen molar-refractivity contribution in [1.82, 2.24) is 24.4 Å². The molecule has 4 rings (SSSR count). The first kappa shape index (κ1) is 13.0. The van der Waals surface area contributed by atoms with E-state index in [2.05, 4.69) is 19.9 Å². The van der Waals surface area contributed by atoms with Gasteiger partial charge in [0, 0.05) is 12.1 Å². The summed E-state index contributed by atoms with van der Waals surface area (Å²) in [6.07, 6.45) is 7.50. The van der Waals surface area contributed by atoms with Gasteiger partial charge in [0.2, 0.25) is 0 Å². The molecule has 0 unspecified atom stereocenters. The smallest absolute Gasteiger partial charge is 0.341 e. The lowest BCUT2D eigenvalue weighted by molar-refractivity contribution is 0.0600. The highest BCUT2D eigenvalue weighted by Gasteiger charge is 2.25. The fourth-order valence-corrected chi connectivity index (χ4v) is 2.46. The van der Waals surface area contributed by atoms with Crippen molar-refractivity contribution < 1.29 is 9.53 Å². The average molecular weight is 297 g/mol. The summed E-state index contributed by atoms with van der Waals surface area (Å²) in [4.78, 5) is 15.9. The lowest BCUT2D eigenvalue weighted by atomic mass is 10.3. The monoisotopic (exact) mass is 297 g/mol. The average Bonchev–Trinajstić information content (AvgIpc) is 3.15. The zero-order valence-corrected chi connectivity index (χ0v) is 12.1. The minimum Gasteiger partial charge on any atom is -0.465 e. The van der Waals surface area contributed by atoms with Crippen molar-refractivity contribution in [3.63, 3.8) is 0 Å². The predicted octanol–water partition coefficient (Wildman–Crippen LogP) is 1.64. The molecule has 7 nitrogen and oxygen atoms in total.